The highest BCUT2D eigenvalue weighted by Gasteiger charge is 2.23. The summed E-state index contributed by atoms with van der Waals surface area (Å²) in [6, 6.07) is 3.41. The lowest BCUT2D eigenvalue weighted by Gasteiger charge is -2.17. The molecule has 0 saturated heterocycles. The van der Waals surface area contributed by atoms with Crippen LogP contribution in [0.5, 0.6) is 0 Å². The maximum atomic E-state index is 12.6. The van der Waals surface area contributed by atoms with Crippen LogP contribution in [0.15, 0.2) is 33.7 Å². The number of aryl methyl sites for hydroxylation is 1. The smallest absolute Gasteiger partial charge is 0.330 e. The summed E-state index contributed by atoms with van der Waals surface area (Å²) < 4.78 is 10.9. The van der Waals surface area contributed by atoms with Crippen LogP contribution < -0.4 is 10.9 Å². The van der Waals surface area contributed by atoms with Crippen LogP contribution in [-0.4, -0.2) is 28.2 Å². The first-order valence-electron chi connectivity index (χ1n) is 7.53. The van der Waals surface area contributed by atoms with E-state index in [4.69, 9.17) is 15.7 Å². The number of carbonyl (C=O) groups excluding carboxylic acids is 2. The van der Waals surface area contributed by atoms with Crippen molar-refractivity contribution in [2.45, 2.75) is 26.3 Å². The van der Waals surface area contributed by atoms with E-state index in [1.807, 2.05) is 0 Å². The molecule has 0 radical (unpaired) electrons. The van der Waals surface area contributed by atoms with Gasteiger partial charge in [0.2, 0.25) is 0 Å². The lowest BCUT2D eigenvalue weighted by Crippen LogP contribution is -2.32. The molecule has 1 unspecified atom stereocenters. The molecule has 130 valence electrons. The molecule has 1 atom stereocenters. The first-order valence-corrected chi connectivity index (χ1v) is 7.53. The fourth-order valence-electron chi connectivity index (χ4n) is 2.16. The number of esters is 1. The van der Waals surface area contributed by atoms with Gasteiger partial charge < -0.3 is 14.6 Å². The summed E-state index contributed by atoms with van der Waals surface area (Å²) in [6.07, 6.45) is 6.68. The molecular formula is C17H17N3O5. The number of anilines is 1. The van der Waals surface area contributed by atoms with E-state index in [0.29, 0.717) is 5.76 Å². The van der Waals surface area contributed by atoms with Crippen molar-refractivity contribution in [3.63, 3.8) is 0 Å². The van der Waals surface area contributed by atoms with Crippen LogP contribution in [0, 0.1) is 19.3 Å². The number of hydrogen-bond donors (Lipinski definition) is 1. The van der Waals surface area contributed by atoms with Gasteiger partial charge in [-0.25, -0.2) is 4.79 Å². The standard InChI is InChI=1S/C17H17N3O5/c1-4-7-14(17(23)24-5-2)20-9-6-8-12(16(20)22)18-15(21)13-10-11(3)25-19-13/h1,6,8-10,14H,5,7H2,2-3H3,(H,18,21). The largest absolute Gasteiger partial charge is 0.464 e. The molecule has 0 saturated carbocycles. The number of amides is 1. The summed E-state index contributed by atoms with van der Waals surface area (Å²) in [5.41, 5.74) is -0.554. The summed E-state index contributed by atoms with van der Waals surface area (Å²) >= 11 is 0. The molecule has 1 N–H and O–H groups in total. The van der Waals surface area contributed by atoms with Crippen LogP contribution in [0.25, 0.3) is 0 Å². The van der Waals surface area contributed by atoms with Crippen LogP contribution in [-0.2, 0) is 9.53 Å². The van der Waals surface area contributed by atoms with Crippen molar-refractivity contribution in [1.29, 1.82) is 0 Å². The van der Waals surface area contributed by atoms with Crippen molar-refractivity contribution in [1.82, 2.24) is 9.72 Å². The highest BCUT2D eigenvalue weighted by molar-refractivity contribution is 6.02. The first kappa shape index (κ1) is 18.0. The van der Waals surface area contributed by atoms with E-state index in [2.05, 4.69) is 16.4 Å². The molecule has 2 aromatic rings. The van der Waals surface area contributed by atoms with Gasteiger partial charge in [-0.3, -0.25) is 14.2 Å². The molecule has 0 fully saturated rings. The molecule has 2 rings (SSSR count). The van der Waals surface area contributed by atoms with Gasteiger partial charge in [0.05, 0.1) is 6.61 Å². The van der Waals surface area contributed by atoms with Crippen molar-refractivity contribution in [3.8, 4) is 12.3 Å². The number of pyridine rings is 1. The molecule has 0 aliphatic heterocycles. The van der Waals surface area contributed by atoms with Gasteiger partial charge in [-0.1, -0.05) is 5.16 Å². The van der Waals surface area contributed by atoms with E-state index < -0.39 is 23.5 Å². The minimum atomic E-state index is -0.969. The van der Waals surface area contributed by atoms with E-state index in [1.165, 1.54) is 24.4 Å². The Morgan fingerprint density at radius 1 is 1.52 bits per heavy atom. The molecule has 25 heavy (non-hydrogen) atoms. The minimum absolute atomic E-state index is 0.0144. The Morgan fingerprint density at radius 3 is 2.88 bits per heavy atom. The average molecular weight is 343 g/mol. The number of nitrogens with zero attached hydrogens (tertiary/aromatic N) is 2. The van der Waals surface area contributed by atoms with E-state index in [0.717, 1.165) is 4.57 Å². The quantitative estimate of drug-likeness (QED) is 0.630. The number of nitrogens with one attached hydrogen (secondary N) is 1. The SMILES string of the molecule is C#CCC(C(=O)OCC)n1cccc(NC(=O)c2cc(C)on2)c1=O. The summed E-state index contributed by atoms with van der Waals surface area (Å²) in [5.74, 6) is 1.60. The van der Waals surface area contributed by atoms with Crippen molar-refractivity contribution < 1.29 is 18.8 Å². The van der Waals surface area contributed by atoms with E-state index in [1.54, 1.807) is 13.8 Å². The van der Waals surface area contributed by atoms with Gasteiger partial charge in [-0.05, 0) is 26.0 Å². The summed E-state index contributed by atoms with van der Waals surface area (Å²) in [4.78, 5) is 36.8. The average Bonchev–Trinajstić information content (AvgIpc) is 3.02. The number of aromatic nitrogens is 2. The van der Waals surface area contributed by atoms with Crippen molar-refractivity contribution in [3.05, 3.63) is 46.2 Å². The third-order valence-electron chi connectivity index (χ3n) is 3.29. The minimum Gasteiger partial charge on any atom is -0.464 e. The fraction of sp³-hybridized carbons (Fsp3) is 0.294. The van der Waals surface area contributed by atoms with Crippen LogP contribution in [0.1, 0.15) is 35.6 Å². The monoisotopic (exact) mass is 343 g/mol. The van der Waals surface area contributed by atoms with E-state index >= 15 is 0 Å². The third kappa shape index (κ3) is 4.14. The third-order valence-corrected chi connectivity index (χ3v) is 3.29. The van der Waals surface area contributed by atoms with Gasteiger partial charge in [-0.2, -0.15) is 0 Å². The van der Waals surface area contributed by atoms with Crippen molar-refractivity contribution >= 4 is 17.6 Å². The maximum absolute atomic E-state index is 12.6. The predicted octanol–water partition coefficient (Wildman–Crippen LogP) is 1.52. The van der Waals surface area contributed by atoms with Crippen LogP contribution in [0.2, 0.25) is 0 Å². The van der Waals surface area contributed by atoms with Gasteiger partial charge in [0.25, 0.3) is 11.5 Å². The Hall–Kier alpha value is -3.34. The van der Waals surface area contributed by atoms with E-state index in [9.17, 15) is 14.4 Å². The Bertz CT molecular complexity index is 875. The zero-order valence-electron chi connectivity index (χ0n) is 13.8. The number of hydrogen-bond acceptors (Lipinski definition) is 6. The molecule has 0 aliphatic rings. The Kier molecular flexibility index (Phi) is 5.74. The number of ether oxygens (including phenoxy) is 1. The van der Waals surface area contributed by atoms with Crippen molar-refractivity contribution in [2.75, 3.05) is 11.9 Å². The Labute approximate surface area is 143 Å². The van der Waals surface area contributed by atoms with Crippen molar-refractivity contribution in [2.24, 2.45) is 0 Å². The van der Waals surface area contributed by atoms with Crippen LogP contribution in [0.3, 0.4) is 0 Å². The Balaban J connectivity index is 2.32. The number of carbonyl (C=O) groups is 2. The fourth-order valence-corrected chi connectivity index (χ4v) is 2.16. The highest BCUT2D eigenvalue weighted by Crippen LogP contribution is 2.13. The molecule has 8 nitrogen and oxygen atoms in total. The molecule has 2 heterocycles. The van der Waals surface area contributed by atoms with Gasteiger partial charge in [0.1, 0.15) is 17.5 Å². The van der Waals surface area contributed by atoms with Gasteiger partial charge >= 0.3 is 5.97 Å². The summed E-state index contributed by atoms with van der Waals surface area (Å²) in [6.45, 7) is 3.46. The molecule has 2 aromatic heterocycles. The van der Waals surface area contributed by atoms with E-state index in [-0.39, 0.29) is 24.4 Å². The van der Waals surface area contributed by atoms with Crippen LogP contribution in [0.4, 0.5) is 5.69 Å². The molecule has 0 bridgehead atoms. The Morgan fingerprint density at radius 2 is 2.28 bits per heavy atom. The molecule has 1 amide bonds. The predicted molar refractivity (Wildman–Crippen MR) is 89.0 cm³/mol. The number of terminal acetylenes is 1. The van der Waals surface area contributed by atoms with Gasteiger partial charge in [0, 0.05) is 18.7 Å². The topological polar surface area (TPSA) is 103 Å². The summed E-state index contributed by atoms with van der Waals surface area (Å²) in [5, 5.41) is 6.03. The second kappa shape index (κ2) is 7.97. The lowest BCUT2D eigenvalue weighted by molar-refractivity contribution is -0.147. The maximum Gasteiger partial charge on any atom is 0.330 e. The molecule has 8 heteroatoms. The second-order valence-corrected chi connectivity index (χ2v) is 5.09. The first-order chi connectivity index (χ1) is 12.0. The summed E-state index contributed by atoms with van der Waals surface area (Å²) in [7, 11) is 0. The molecule has 0 spiro atoms. The highest BCUT2D eigenvalue weighted by atomic mass is 16.5. The number of rotatable bonds is 6. The van der Waals surface area contributed by atoms with Crippen LogP contribution >= 0.6 is 0 Å². The molecule has 0 aromatic carbocycles. The van der Waals surface area contributed by atoms with Gasteiger partial charge in [-0.15, -0.1) is 12.3 Å². The zero-order chi connectivity index (χ0) is 18.4. The van der Waals surface area contributed by atoms with Gasteiger partial charge in [0.15, 0.2) is 5.69 Å². The lowest BCUT2D eigenvalue weighted by atomic mass is 10.2. The molecular weight excluding hydrogens is 326 g/mol. The normalized spacial score (nSPS) is 11.4. The molecule has 0 aliphatic carbocycles. The zero-order valence-corrected chi connectivity index (χ0v) is 13.8. The second-order valence-electron chi connectivity index (χ2n) is 5.09.